The monoisotopic (exact) mass is 716 g/mol. The average molecular weight is 716 g/mol. The van der Waals surface area contributed by atoms with Crippen LogP contribution in [0.25, 0.3) is 0 Å². The molecule has 0 bridgehead atoms. The summed E-state index contributed by atoms with van der Waals surface area (Å²) < 4.78 is 0. The van der Waals surface area contributed by atoms with E-state index in [2.05, 4.69) is 43.5 Å². The number of Topliss-reactive ketones (excluding diaryl/α,β-unsaturated/α-hetero) is 2. The number of carbonyl (C=O) groups is 4. The Balaban J connectivity index is 4.30. The number of nitrogens with one attached hydrogen (secondary N) is 1. The minimum Gasteiger partial charge on any atom is -0.481 e. The van der Waals surface area contributed by atoms with Crippen molar-refractivity contribution in [3.8, 4) is 0 Å². The van der Waals surface area contributed by atoms with Gasteiger partial charge in [-0.1, -0.05) is 141 Å². The third kappa shape index (κ3) is 37.3. The fourth-order valence-corrected chi connectivity index (χ4v) is 6.53. The number of aliphatic carboxylic acids is 1. The van der Waals surface area contributed by atoms with Crippen LogP contribution in [0.5, 0.6) is 0 Å². The lowest BCUT2D eigenvalue weighted by molar-refractivity contribution is -0.137. The first kappa shape index (κ1) is 48.8. The minimum absolute atomic E-state index is 0.0508. The lowest BCUT2D eigenvalue weighted by atomic mass is 9.92. The van der Waals surface area contributed by atoms with Gasteiger partial charge in [-0.3, -0.25) is 19.2 Å². The number of carboxylic acids is 1. The molecule has 0 radical (unpaired) electrons. The highest BCUT2D eigenvalue weighted by molar-refractivity contribution is 5.88. The van der Waals surface area contributed by atoms with Crippen molar-refractivity contribution in [2.45, 2.75) is 226 Å². The quantitative estimate of drug-likeness (QED) is 0.0486. The van der Waals surface area contributed by atoms with Gasteiger partial charge in [0.05, 0.1) is 0 Å². The summed E-state index contributed by atoms with van der Waals surface area (Å²) in [4.78, 5) is 49.2. The van der Waals surface area contributed by atoms with Gasteiger partial charge in [0, 0.05) is 44.6 Å². The Morgan fingerprint density at radius 2 is 0.843 bits per heavy atom. The maximum absolute atomic E-state index is 13.2. The molecule has 1 atom stereocenters. The number of ketones is 2. The smallest absolute Gasteiger partial charge is 0.303 e. The minimum atomic E-state index is -0.860. The third-order valence-electron chi connectivity index (χ3n) is 9.92. The van der Waals surface area contributed by atoms with Crippen LogP contribution in [0.2, 0.25) is 0 Å². The summed E-state index contributed by atoms with van der Waals surface area (Å²) in [5.41, 5.74) is 0. The van der Waals surface area contributed by atoms with Crippen molar-refractivity contribution in [1.82, 2.24) is 5.32 Å². The molecule has 0 spiro atoms. The van der Waals surface area contributed by atoms with Crippen LogP contribution in [0, 0.1) is 5.92 Å². The molecule has 51 heavy (non-hydrogen) atoms. The Bertz CT molecular complexity index is 895. The van der Waals surface area contributed by atoms with Crippen LogP contribution in [0.3, 0.4) is 0 Å². The van der Waals surface area contributed by atoms with Crippen molar-refractivity contribution in [2.75, 3.05) is 6.54 Å². The number of hydrogen-bond acceptors (Lipinski definition) is 4. The third-order valence-corrected chi connectivity index (χ3v) is 9.92. The lowest BCUT2D eigenvalue weighted by Crippen LogP contribution is -2.34. The average Bonchev–Trinajstić information content (AvgIpc) is 3.11. The summed E-state index contributed by atoms with van der Waals surface area (Å²) in [5, 5.41) is 11.7. The highest BCUT2D eigenvalue weighted by atomic mass is 16.4. The number of carbonyl (C=O) groups excluding carboxylic acids is 3. The molecule has 0 aliphatic rings. The second-order valence-electron chi connectivity index (χ2n) is 15.0. The first-order valence-corrected chi connectivity index (χ1v) is 21.7. The number of amides is 1. The van der Waals surface area contributed by atoms with E-state index in [0.29, 0.717) is 25.7 Å². The van der Waals surface area contributed by atoms with Crippen molar-refractivity contribution in [3.63, 3.8) is 0 Å². The normalized spacial score (nSPS) is 12.2. The van der Waals surface area contributed by atoms with Crippen molar-refractivity contribution in [3.05, 3.63) is 24.3 Å². The van der Waals surface area contributed by atoms with Gasteiger partial charge in [-0.25, -0.2) is 0 Å². The molecule has 1 amide bonds. The van der Waals surface area contributed by atoms with Gasteiger partial charge in [-0.2, -0.15) is 0 Å². The summed E-state index contributed by atoms with van der Waals surface area (Å²) in [6.07, 6.45) is 43.2. The van der Waals surface area contributed by atoms with E-state index in [1.165, 1.54) is 116 Å². The van der Waals surface area contributed by atoms with Crippen LogP contribution >= 0.6 is 0 Å². The molecule has 0 saturated heterocycles. The van der Waals surface area contributed by atoms with E-state index in [1.54, 1.807) is 0 Å². The SMILES string of the molecule is CCCCCCCC/C=C\CCCCCCCC(=O)CC(CNC(=O)CCCCC(=O)O)C(=O)CCCCCCC/C=C\CCCCCCCC. The lowest BCUT2D eigenvalue weighted by Gasteiger charge is -2.16. The summed E-state index contributed by atoms with van der Waals surface area (Å²) in [7, 11) is 0. The van der Waals surface area contributed by atoms with Gasteiger partial charge in [0.25, 0.3) is 0 Å². The molecule has 1 unspecified atom stereocenters. The topological polar surface area (TPSA) is 101 Å². The Morgan fingerprint density at radius 3 is 1.29 bits per heavy atom. The van der Waals surface area contributed by atoms with E-state index in [1.807, 2.05) is 0 Å². The van der Waals surface area contributed by atoms with Gasteiger partial charge in [-0.15, -0.1) is 0 Å². The Morgan fingerprint density at radius 1 is 0.471 bits per heavy atom. The highest BCUT2D eigenvalue weighted by Crippen LogP contribution is 2.17. The maximum Gasteiger partial charge on any atom is 0.303 e. The van der Waals surface area contributed by atoms with Crippen LogP contribution in [0.15, 0.2) is 24.3 Å². The molecular formula is C45H81NO5. The van der Waals surface area contributed by atoms with Crippen LogP contribution in [0.1, 0.15) is 226 Å². The van der Waals surface area contributed by atoms with Crippen molar-refractivity contribution >= 4 is 23.4 Å². The zero-order valence-electron chi connectivity index (χ0n) is 33.5. The predicted molar refractivity (Wildman–Crippen MR) is 216 cm³/mol. The van der Waals surface area contributed by atoms with E-state index >= 15 is 0 Å². The highest BCUT2D eigenvalue weighted by Gasteiger charge is 2.22. The maximum atomic E-state index is 13.2. The molecule has 0 aromatic carbocycles. The number of allylic oxidation sites excluding steroid dienone is 4. The zero-order valence-corrected chi connectivity index (χ0v) is 33.5. The van der Waals surface area contributed by atoms with E-state index in [4.69, 9.17) is 5.11 Å². The molecular weight excluding hydrogens is 634 g/mol. The molecule has 2 N–H and O–H groups in total. The van der Waals surface area contributed by atoms with Crippen molar-refractivity contribution < 1.29 is 24.3 Å². The molecule has 0 aromatic rings. The van der Waals surface area contributed by atoms with Gasteiger partial charge >= 0.3 is 5.97 Å². The Kier molecular flexibility index (Phi) is 37.3. The first-order valence-electron chi connectivity index (χ1n) is 21.7. The van der Waals surface area contributed by atoms with Crippen LogP contribution < -0.4 is 5.32 Å². The number of rotatable bonds is 40. The van der Waals surface area contributed by atoms with Crippen LogP contribution in [0.4, 0.5) is 0 Å². The second-order valence-corrected chi connectivity index (χ2v) is 15.0. The molecule has 0 rings (SSSR count). The largest absolute Gasteiger partial charge is 0.481 e. The van der Waals surface area contributed by atoms with E-state index in [9.17, 15) is 19.2 Å². The molecule has 0 heterocycles. The number of hydrogen-bond donors (Lipinski definition) is 2. The first-order chi connectivity index (χ1) is 24.9. The van der Waals surface area contributed by atoms with E-state index < -0.39 is 11.9 Å². The second kappa shape index (κ2) is 39.0. The van der Waals surface area contributed by atoms with Gasteiger partial charge in [-0.05, 0) is 77.0 Å². The molecule has 6 nitrogen and oxygen atoms in total. The molecule has 0 aliphatic carbocycles. The predicted octanol–water partition coefficient (Wildman–Crippen LogP) is 13.0. The summed E-state index contributed by atoms with van der Waals surface area (Å²) in [6, 6.07) is 0. The standard InChI is InChI=1S/C45H81NO5/c1-3-5-7-9-11-13-15-17-19-21-23-25-27-29-31-35-42(47)39-41(40-46-44(49)37-33-34-38-45(50)51)43(48)36-32-30-28-26-24-22-20-18-16-14-12-10-8-6-4-2/h17-20,41H,3-16,21-40H2,1-2H3,(H,46,49)(H,50,51)/b19-17-,20-18-. The van der Waals surface area contributed by atoms with E-state index in [-0.39, 0.29) is 43.3 Å². The molecule has 0 aromatic heterocycles. The van der Waals surface area contributed by atoms with Crippen molar-refractivity contribution in [1.29, 1.82) is 0 Å². The van der Waals surface area contributed by atoms with Gasteiger partial charge < -0.3 is 10.4 Å². The fourth-order valence-electron chi connectivity index (χ4n) is 6.53. The van der Waals surface area contributed by atoms with Gasteiger partial charge in [0.2, 0.25) is 5.91 Å². The van der Waals surface area contributed by atoms with Crippen LogP contribution in [-0.2, 0) is 19.2 Å². The molecule has 6 heteroatoms. The van der Waals surface area contributed by atoms with Crippen LogP contribution in [-0.4, -0.2) is 35.1 Å². The molecule has 0 fully saturated rings. The van der Waals surface area contributed by atoms with Crippen molar-refractivity contribution in [2.24, 2.45) is 5.92 Å². The summed E-state index contributed by atoms with van der Waals surface area (Å²) in [6.45, 7) is 4.71. The number of carboxylic acid groups (broad SMARTS) is 1. The summed E-state index contributed by atoms with van der Waals surface area (Å²) >= 11 is 0. The molecule has 0 aliphatic heterocycles. The fraction of sp³-hybridized carbons (Fsp3) is 0.822. The Labute approximate surface area is 314 Å². The molecule has 296 valence electrons. The van der Waals surface area contributed by atoms with Gasteiger partial charge in [0.1, 0.15) is 11.6 Å². The molecule has 0 saturated carbocycles. The Hall–Kier alpha value is -2.24. The zero-order chi connectivity index (χ0) is 37.5. The van der Waals surface area contributed by atoms with E-state index in [0.717, 1.165) is 51.4 Å². The summed E-state index contributed by atoms with van der Waals surface area (Å²) in [5.74, 6) is -1.31. The number of unbranched alkanes of at least 4 members (excludes halogenated alkanes) is 23. The van der Waals surface area contributed by atoms with Gasteiger partial charge in [0.15, 0.2) is 0 Å².